The molecule has 0 aliphatic heterocycles. The largest absolute Gasteiger partial charge is 0.307 e. The van der Waals surface area contributed by atoms with Crippen molar-refractivity contribution in [1.82, 2.24) is 15.1 Å². The maximum atomic E-state index is 4.40. The molecular weight excluding hydrogens is 198 g/mol. The van der Waals surface area contributed by atoms with Gasteiger partial charge in [0.25, 0.3) is 0 Å². The van der Waals surface area contributed by atoms with Crippen LogP contribution in [0.4, 0.5) is 0 Å². The Balaban J connectivity index is 1.96. The van der Waals surface area contributed by atoms with Gasteiger partial charge in [0.2, 0.25) is 0 Å². The molecule has 0 radical (unpaired) electrons. The molecule has 3 nitrogen and oxygen atoms in total. The number of aryl methyl sites for hydroxylation is 2. The van der Waals surface area contributed by atoms with E-state index >= 15 is 0 Å². The van der Waals surface area contributed by atoms with Crippen molar-refractivity contribution in [1.29, 1.82) is 0 Å². The second-order valence-corrected chi connectivity index (χ2v) is 5.07. The van der Waals surface area contributed by atoms with Crippen molar-refractivity contribution >= 4 is 0 Å². The van der Waals surface area contributed by atoms with Gasteiger partial charge in [-0.2, -0.15) is 5.10 Å². The number of hydrogen-bond donors (Lipinski definition) is 1. The maximum absolute atomic E-state index is 4.40. The van der Waals surface area contributed by atoms with Crippen molar-refractivity contribution in [2.75, 3.05) is 0 Å². The van der Waals surface area contributed by atoms with E-state index in [-0.39, 0.29) is 0 Å². The normalized spacial score (nSPS) is 19.9. The van der Waals surface area contributed by atoms with Gasteiger partial charge in [0.1, 0.15) is 0 Å². The summed E-state index contributed by atoms with van der Waals surface area (Å²) >= 11 is 0. The number of aromatic nitrogens is 2. The fourth-order valence-electron chi connectivity index (χ4n) is 2.76. The van der Waals surface area contributed by atoms with Gasteiger partial charge in [0.05, 0.1) is 5.69 Å². The minimum Gasteiger partial charge on any atom is -0.307 e. The van der Waals surface area contributed by atoms with Gasteiger partial charge in [-0.25, -0.2) is 0 Å². The first-order chi connectivity index (χ1) is 7.66. The van der Waals surface area contributed by atoms with Crippen LogP contribution in [0.2, 0.25) is 0 Å². The van der Waals surface area contributed by atoms with Gasteiger partial charge in [-0.15, -0.1) is 0 Å². The third-order valence-corrected chi connectivity index (χ3v) is 3.61. The average Bonchev–Trinajstić information content (AvgIpc) is 2.59. The van der Waals surface area contributed by atoms with Crippen LogP contribution >= 0.6 is 0 Å². The fraction of sp³-hybridized carbons (Fsp3) is 0.769. The molecule has 16 heavy (non-hydrogen) atoms. The van der Waals surface area contributed by atoms with E-state index in [1.165, 1.54) is 37.7 Å². The highest BCUT2D eigenvalue weighted by Gasteiger charge is 2.18. The van der Waals surface area contributed by atoms with Gasteiger partial charge in [-0.05, 0) is 26.7 Å². The molecule has 2 rings (SSSR count). The van der Waals surface area contributed by atoms with Crippen LogP contribution in [-0.2, 0) is 7.05 Å². The minimum absolute atomic E-state index is 0.428. The molecule has 1 N–H and O–H groups in total. The van der Waals surface area contributed by atoms with Gasteiger partial charge in [-0.3, -0.25) is 4.68 Å². The zero-order valence-corrected chi connectivity index (χ0v) is 10.7. The molecule has 1 saturated carbocycles. The minimum atomic E-state index is 0.428. The lowest BCUT2D eigenvalue weighted by Crippen LogP contribution is -2.33. The molecule has 1 aliphatic rings. The highest BCUT2D eigenvalue weighted by molar-refractivity contribution is 5.19. The first-order valence-corrected chi connectivity index (χ1v) is 6.43. The van der Waals surface area contributed by atoms with Crippen LogP contribution in [0.25, 0.3) is 0 Å². The van der Waals surface area contributed by atoms with Crippen molar-refractivity contribution < 1.29 is 0 Å². The van der Waals surface area contributed by atoms with Crippen molar-refractivity contribution in [3.05, 3.63) is 17.5 Å². The van der Waals surface area contributed by atoms with Crippen molar-refractivity contribution in [3.8, 4) is 0 Å². The predicted molar refractivity (Wildman–Crippen MR) is 66.4 cm³/mol. The summed E-state index contributed by atoms with van der Waals surface area (Å²) in [7, 11) is 1.99. The SMILES string of the molecule is Cc1nn(C)cc1C(C)NC1CCCCC1. The Labute approximate surface area is 98.2 Å². The van der Waals surface area contributed by atoms with Gasteiger partial charge in [-0.1, -0.05) is 19.3 Å². The van der Waals surface area contributed by atoms with Crippen LogP contribution < -0.4 is 5.32 Å². The van der Waals surface area contributed by atoms with Crippen LogP contribution in [0.3, 0.4) is 0 Å². The molecule has 1 aromatic heterocycles. The molecule has 0 aromatic carbocycles. The third-order valence-electron chi connectivity index (χ3n) is 3.61. The molecule has 1 fully saturated rings. The van der Waals surface area contributed by atoms with Crippen LogP contribution in [-0.4, -0.2) is 15.8 Å². The number of nitrogens with one attached hydrogen (secondary N) is 1. The summed E-state index contributed by atoms with van der Waals surface area (Å²) in [5.41, 5.74) is 2.49. The molecule has 0 spiro atoms. The zero-order valence-electron chi connectivity index (χ0n) is 10.7. The smallest absolute Gasteiger partial charge is 0.0641 e. The van der Waals surface area contributed by atoms with Gasteiger partial charge in [0.15, 0.2) is 0 Å². The van der Waals surface area contributed by atoms with E-state index in [0.29, 0.717) is 12.1 Å². The molecular formula is C13H23N3. The molecule has 90 valence electrons. The van der Waals surface area contributed by atoms with Crippen molar-refractivity contribution in [2.24, 2.45) is 7.05 Å². The maximum Gasteiger partial charge on any atom is 0.0641 e. The highest BCUT2D eigenvalue weighted by atomic mass is 15.3. The third kappa shape index (κ3) is 2.64. The first-order valence-electron chi connectivity index (χ1n) is 6.43. The van der Waals surface area contributed by atoms with Crippen LogP contribution in [0.15, 0.2) is 6.20 Å². The summed E-state index contributed by atoms with van der Waals surface area (Å²) in [6.45, 7) is 4.34. The molecule has 0 saturated heterocycles. The lowest BCUT2D eigenvalue weighted by atomic mass is 9.94. The van der Waals surface area contributed by atoms with E-state index in [2.05, 4.69) is 30.5 Å². The second kappa shape index (κ2) is 5.00. The van der Waals surface area contributed by atoms with E-state index in [4.69, 9.17) is 0 Å². The molecule has 0 amide bonds. The molecule has 0 bridgehead atoms. The Kier molecular flexibility index (Phi) is 3.64. The topological polar surface area (TPSA) is 29.9 Å². The molecule has 1 aliphatic carbocycles. The Hall–Kier alpha value is -0.830. The Morgan fingerprint density at radius 3 is 2.62 bits per heavy atom. The molecule has 1 heterocycles. The molecule has 3 heteroatoms. The van der Waals surface area contributed by atoms with Gasteiger partial charge >= 0.3 is 0 Å². The van der Waals surface area contributed by atoms with Crippen molar-refractivity contribution in [3.63, 3.8) is 0 Å². The summed E-state index contributed by atoms with van der Waals surface area (Å²) in [6.07, 6.45) is 8.99. The predicted octanol–water partition coefficient (Wildman–Crippen LogP) is 2.71. The number of rotatable bonds is 3. The van der Waals surface area contributed by atoms with E-state index in [0.717, 1.165) is 5.69 Å². The quantitative estimate of drug-likeness (QED) is 0.850. The second-order valence-electron chi connectivity index (χ2n) is 5.07. The van der Waals surface area contributed by atoms with E-state index in [9.17, 15) is 0 Å². The van der Waals surface area contributed by atoms with Crippen molar-refractivity contribution in [2.45, 2.75) is 58.0 Å². The zero-order chi connectivity index (χ0) is 11.5. The van der Waals surface area contributed by atoms with Crippen LogP contribution in [0.5, 0.6) is 0 Å². The summed E-state index contributed by atoms with van der Waals surface area (Å²) < 4.78 is 1.91. The number of nitrogens with zero attached hydrogens (tertiary/aromatic N) is 2. The van der Waals surface area contributed by atoms with E-state index < -0.39 is 0 Å². The summed E-state index contributed by atoms with van der Waals surface area (Å²) in [5, 5.41) is 8.14. The van der Waals surface area contributed by atoms with Gasteiger partial charge < -0.3 is 5.32 Å². The summed E-state index contributed by atoms with van der Waals surface area (Å²) in [4.78, 5) is 0. The lowest BCUT2D eigenvalue weighted by molar-refractivity contribution is 0.346. The molecule has 1 atom stereocenters. The standard InChI is InChI=1S/C13H23N3/c1-10(13-9-16(3)15-11(13)2)14-12-7-5-4-6-8-12/h9-10,12,14H,4-8H2,1-3H3. The first kappa shape index (κ1) is 11.6. The average molecular weight is 221 g/mol. The molecule has 1 aromatic rings. The van der Waals surface area contributed by atoms with E-state index in [1.54, 1.807) is 0 Å². The Bertz CT molecular complexity index is 337. The van der Waals surface area contributed by atoms with Crippen LogP contribution in [0.1, 0.15) is 56.3 Å². The number of hydrogen-bond acceptors (Lipinski definition) is 2. The Morgan fingerprint density at radius 2 is 2.06 bits per heavy atom. The monoisotopic (exact) mass is 221 g/mol. The summed E-state index contributed by atoms with van der Waals surface area (Å²) in [6, 6.07) is 1.14. The Morgan fingerprint density at radius 1 is 1.38 bits per heavy atom. The van der Waals surface area contributed by atoms with Crippen LogP contribution in [0, 0.1) is 6.92 Å². The highest BCUT2D eigenvalue weighted by Crippen LogP contribution is 2.22. The van der Waals surface area contributed by atoms with E-state index in [1.807, 2.05) is 11.7 Å². The summed E-state index contributed by atoms with van der Waals surface area (Å²) in [5.74, 6) is 0. The molecule has 1 unspecified atom stereocenters. The van der Waals surface area contributed by atoms with Gasteiger partial charge in [0, 0.05) is 30.9 Å². The fourth-order valence-corrected chi connectivity index (χ4v) is 2.76. The lowest BCUT2D eigenvalue weighted by Gasteiger charge is -2.26.